The molecular weight excluding hydrogens is 224 g/mol. The van der Waals surface area contributed by atoms with Crippen LogP contribution in [0.2, 0.25) is 5.02 Å². The smallest absolute Gasteiger partial charge is 0.125 e. The Morgan fingerprint density at radius 1 is 1.38 bits per heavy atom. The van der Waals surface area contributed by atoms with E-state index < -0.39 is 6.10 Å². The van der Waals surface area contributed by atoms with Gasteiger partial charge in [0.1, 0.15) is 5.75 Å². The Labute approximate surface area is 102 Å². The summed E-state index contributed by atoms with van der Waals surface area (Å²) in [4.78, 5) is 0. The lowest BCUT2D eigenvalue weighted by Crippen LogP contribution is -2.12. The van der Waals surface area contributed by atoms with E-state index in [0.29, 0.717) is 5.02 Å². The van der Waals surface area contributed by atoms with Crippen LogP contribution in [-0.2, 0) is 0 Å². The number of aliphatic hydroxyl groups excluding tert-OH is 1. The van der Waals surface area contributed by atoms with Crippen LogP contribution in [0, 0.1) is 0 Å². The quantitative estimate of drug-likeness (QED) is 0.847. The van der Waals surface area contributed by atoms with Gasteiger partial charge in [-0.05, 0) is 38.5 Å². The molecule has 0 saturated heterocycles. The van der Waals surface area contributed by atoms with E-state index in [1.807, 2.05) is 13.0 Å². The lowest BCUT2D eigenvalue weighted by molar-refractivity contribution is 0.174. The molecule has 0 aliphatic rings. The Kier molecular flexibility index (Phi) is 5.10. The Morgan fingerprint density at radius 3 is 2.62 bits per heavy atom. The topological polar surface area (TPSA) is 29.5 Å². The molecule has 0 fully saturated rings. The molecule has 16 heavy (non-hydrogen) atoms. The van der Waals surface area contributed by atoms with Crippen molar-refractivity contribution in [1.82, 2.24) is 0 Å². The number of benzene rings is 1. The van der Waals surface area contributed by atoms with E-state index in [1.54, 1.807) is 19.1 Å². The van der Waals surface area contributed by atoms with Crippen molar-refractivity contribution >= 4 is 11.6 Å². The first kappa shape index (κ1) is 13.3. The molecule has 2 nitrogen and oxygen atoms in total. The maximum absolute atomic E-state index is 9.63. The predicted octanol–water partition coefficient (Wildman–Crippen LogP) is 3.96. The fourth-order valence-corrected chi connectivity index (χ4v) is 1.82. The highest BCUT2D eigenvalue weighted by Crippen LogP contribution is 2.29. The van der Waals surface area contributed by atoms with Crippen LogP contribution in [0.5, 0.6) is 5.75 Å². The molecule has 0 aliphatic heterocycles. The summed E-state index contributed by atoms with van der Waals surface area (Å²) in [6, 6.07) is 5.35. The van der Waals surface area contributed by atoms with E-state index in [1.165, 1.54) is 0 Å². The van der Waals surface area contributed by atoms with Gasteiger partial charge >= 0.3 is 0 Å². The second-order valence-electron chi connectivity index (χ2n) is 4.08. The molecule has 1 rings (SSSR count). The summed E-state index contributed by atoms with van der Waals surface area (Å²) in [7, 11) is 0. The molecule has 0 spiro atoms. The third-order valence-corrected chi connectivity index (χ3v) is 2.68. The normalized spacial score (nSPS) is 14.6. The predicted molar refractivity (Wildman–Crippen MR) is 67.1 cm³/mol. The second-order valence-corrected chi connectivity index (χ2v) is 4.51. The maximum Gasteiger partial charge on any atom is 0.125 e. The molecule has 0 aromatic heterocycles. The molecule has 0 heterocycles. The Balaban J connectivity index is 2.86. The molecule has 0 radical (unpaired) electrons. The van der Waals surface area contributed by atoms with Gasteiger partial charge in [-0.15, -0.1) is 0 Å². The van der Waals surface area contributed by atoms with Crippen molar-refractivity contribution in [2.45, 2.75) is 45.8 Å². The van der Waals surface area contributed by atoms with Crippen LogP contribution >= 0.6 is 11.6 Å². The molecule has 2 atom stereocenters. The Bertz CT molecular complexity index is 337. The van der Waals surface area contributed by atoms with Crippen molar-refractivity contribution in [1.29, 1.82) is 0 Å². The van der Waals surface area contributed by atoms with Crippen LogP contribution in [0.15, 0.2) is 18.2 Å². The molecule has 1 unspecified atom stereocenters. The number of rotatable bonds is 5. The van der Waals surface area contributed by atoms with Gasteiger partial charge in [0.15, 0.2) is 0 Å². The van der Waals surface area contributed by atoms with Crippen LogP contribution in [0.1, 0.15) is 45.3 Å². The Morgan fingerprint density at radius 2 is 2.06 bits per heavy atom. The van der Waals surface area contributed by atoms with Gasteiger partial charge in [0, 0.05) is 10.6 Å². The first-order chi connectivity index (χ1) is 7.54. The molecule has 0 aliphatic carbocycles. The number of hydrogen-bond donors (Lipinski definition) is 1. The molecule has 1 N–H and O–H groups in total. The SMILES string of the molecule is CCCC(C)Oc1ccc(Cl)cc1[C@H](C)O. The zero-order chi connectivity index (χ0) is 12.1. The number of hydrogen-bond acceptors (Lipinski definition) is 2. The van der Waals surface area contributed by atoms with Gasteiger partial charge < -0.3 is 9.84 Å². The number of aliphatic hydroxyl groups is 1. The largest absolute Gasteiger partial charge is 0.490 e. The van der Waals surface area contributed by atoms with E-state index in [4.69, 9.17) is 16.3 Å². The average Bonchev–Trinajstić information content (AvgIpc) is 2.20. The number of ether oxygens (including phenoxy) is 1. The average molecular weight is 243 g/mol. The molecule has 0 saturated carbocycles. The summed E-state index contributed by atoms with van der Waals surface area (Å²) in [5, 5.41) is 10.3. The van der Waals surface area contributed by atoms with E-state index in [2.05, 4.69) is 6.92 Å². The summed E-state index contributed by atoms with van der Waals surface area (Å²) in [5.74, 6) is 0.723. The van der Waals surface area contributed by atoms with Crippen LogP contribution in [0.25, 0.3) is 0 Å². The fraction of sp³-hybridized carbons (Fsp3) is 0.538. The third kappa shape index (κ3) is 3.69. The fourth-order valence-electron chi connectivity index (χ4n) is 1.64. The first-order valence-corrected chi connectivity index (χ1v) is 6.06. The maximum atomic E-state index is 9.63. The Hall–Kier alpha value is -0.730. The van der Waals surface area contributed by atoms with Gasteiger partial charge in [-0.25, -0.2) is 0 Å². The third-order valence-electron chi connectivity index (χ3n) is 2.45. The van der Waals surface area contributed by atoms with E-state index >= 15 is 0 Å². The molecule has 1 aromatic carbocycles. The van der Waals surface area contributed by atoms with E-state index in [-0.39, 0.29) is 6.10 Å². The van der Waals surface area contributed by atoms with Crippen molar-refractivity contribution in [3.8, 4) is 5.75 Å². The zero-order valence-corrected chi connectivity index (χ0v) is 10.8. The molecular formula is C13H19ClO2. The second kappa shape index (κ2) is 6.12. The van der Waals surface area contributed by atoms with E-state index in [9.17, 15) is 5.11 Å². The van der Waals surface area contributed by atoms with Gasteiger partial charge in [-0.3, -0.25) is 0 Å². The van der Waals surface area contributed by atoms with Gasteiger partial charge in [0.2, 0.25) is 0 Å². The minimum atomic E-state index is -0.567. The van der Waals surface area contributed by atoms with Gasteiger partial charge in [0.05, 0.1) is 12.2 Å². The highest BCUT2D eigenvalue weighted by atomic mass is 35.5. The van der Waals surface area contributed by atoms with Gasteiger partial charge in [-0.1, -0.05) is 24.9 Å². The van der Waals surface area contributed by atoms with Crippen molar-refractivity contribution in [3.63, 3.8) is 0 Å². The molecule has 0 amide bonds. The zero-order valence-electron chi connectivity index (χ0n) is 10.0. The minimum Gasteiger partial charge on any atom is -0.490 e. The van der Waals surface area contributed by atoms with Crippen molar-refractivity contribution in [3.05, 3.63) is 28.8 Å². The van der Waals surface area contributed by atoms with Crippen molar-refractivity contribution < 1.29 is 9.84 Å². The summed E-state index contributed by atoms with van der Waals surface area (Å²) in [6.07, 6.45) is 1.67. The molecule has 0 bridgehead atoms. The van der Waals surface area contributed by atoms with Crippen LogP contribution in [0.3, 0.4) is 0 Å². The monoisotopic (exact) mass is 242 g/mol. The molecule has 3 heteroatoms. The minimum absolute atomic E-state index is 0.156. The summed E-state index contributed by atoms with van der Waals surface area (Å²) in [5.41, 5.74) is 0.746. The van der Waals surface area contributed by atoms with Crippen LogP contribution in [-0.4, -0.2) is 11.2 Å². The molecule has 90 valence electrons. The number of halogens is 1. The van der Waals surface area contributed by atoms with E-state index in [0.717, 1.165) is 24.2 Å². The summed E-state index contributed by atoms with van der Waals surface area (Å²) >= 11 is 5.89. The van der Waals surface area contributed by atoms with Crippen molar-refractivity contribution in [2.75, 3.05) is 0 Å². The lowest BCUT2D eigenvalue weighted by Gasteiger charge is -2.18. The molecule has 1 aromatic rings. The lowest BCUT2D eigenvalue weighted by atomic mass is 10.1. The van der Waals surface area contributed by atoms with Gasteiger partial charge in [-0.2, -0.15) is 0 Å². The summed E-state index contributed by atoms with van der Waals surface area (Å²) in [6.45, 7) is 5.87. The van der Waals surface area contributed by atoms with Crippen LogP contribution < -0.4 is 4.74 Å². The summed E-state index contributed by atoms with van der Waals surface area (Å²) < 4.78 is 5.78. The standard InChI is InChI=1S/C13H19ClO2/c1-4-5-9(2)16-13-7-6-11(14)8-12(13)10(3)15/h6-10,15H,4-5H2,1-3H3/t9?,10-/m0/s1. The van der Waals surface area contributed by atoms with Crippen molar-refractivity contribution in [2.24, 2.45) is 0 Å². The van der Waals surface area contributed by atoms with Gasteiger partial charge in [0.25, 0.3) is 0 Å². The first-order valence-electron chi connectivity index (χ1n) is 5.68. The highest BCUT2D eigenvalue weighted by Gasteiger charge is 2.12. The highest BCUT2D eigenvalue weighted by molar-refractivity contribution is 6.30. The van der Waals surface area contributed by atoms with Crippen LogP contribution in [0.4, 0.5) is 0 Å².